The first-order chi connectivity index (χ1) is 7.37. The first-order valence-electron chi connectivity index (χ1n) is 4.99. The molecule has 0 radical (unpaired) electrons. The van der Waals surface area contributed by atoms with E-state index in [2.05, 4.69) is 21.0 Å². The molecule has 16 heavy (non-hydrogen) atoms. The Balaban J connectivity index is 0.00000289. The summed E-state index contributed by atoms with van der Waals surface area (Å²) in [5.74, 6) is 0. The summed E-state index contributed by atoms with van der Waals surface area (Å²) in [4.78, 5) is 0. The average Bonchev–Trinajstić information content (AvgIpc) is 2.44. The van der Waals surface area contributed by atoms with Gasteiger partial charge in [-0.25, -0.2) is 0 Å². The van der Waals surface area contributed by atoms with Gasteiger partial charge in [-0.2, -0.15) is 18.3 Å². The zero-order valence-corrected chi connectivity index (χ0v) is 10.9. The van der Waals surface area contributed by atoms with Crippen molar-refractivity contribution in [2.75, 3.05) is 0 Å². The van der Waals surface area contributed by atoms with Gasteiger partial charge in [0.2, 0.25) is 0 Å². The molecule has 0 amide bonds. The van der Waals surface area contributed by atoms with Crippen LogP contribution in [0, 0.1) is 0 Å². The first-order valence-corrected chi connectivity index (χ1v) is 4.79. The summed E-state index contributed by atoms with van der Waals surface area (Å²) in [6.07, 6.45) is -4.62. The predicted molar refractivity (Wildman–Crippen MR) is 60.4 cm³/mol. The zero-order valence-electron chi connectivity index (χ0n) is 10.5. The fourth-order valence-electron chi connectivity index (χ4n) is 0.848. The number of alkyl halides is 3. The van der Waals surface area contributed by atoms with Crippen LogP contribution in [0.3, 0.4) is 0 Å². The van der Waals surface area contributed by atoms with Gasteiger partial charge >= 0.3 is 6.18 Å². The minimum Gasteiger partial charge on any atom is -0.324 e. The molecule has 2 N–H and O–H groups in total. The van der Waals surface area contributed by atoms with Crippen LogP contribution in [0.2, 0.25) is 0 Å². The van der Waals surface area contributed by atoms with Crippen LogP contribution < -0.4 is 5.73 Å². The molecule has 0 saturated carbocycles. The highest BCUT2D eigenvalue weighted by Crippen LogP contribution is 2.30. The Bertz CT molecular complexity index is 428. The molecule has 1 aromatic heterocycles. The number of aromatic nitrogens is 2. The molecule has 1 aromatic rings. The molecule has 0 fully saturated rings. The van der Waals surface area contributed by atoms with Crippen LogP contribution in [-0.4, -0.2) is 15.3 Å². The second-order valence-corrected chi connectivity index (χ2v) is 4.41. The van der Waals surface area contributed by atoms with Crippen molar-refractivity contribution in [2.24, 2.45) is 5.73 Å². The van der Waals surface area contributed by atoms with Crippen LogP contribution in [0.1, 0.15) is 22.3 Å². The summed E-state index contributed by atoms with van der Waals surface area (Å²) in [6.45, 7) is 0.484. The summed E-state index contributed by atoms with van der Waals surface area (Å²) in [7, 11) is 0. The van der Waals surface area contributed by atoms with Crippen molar-refractivity contribution in [3.8, 4) is 0 Å². The van der Waals surface area contributed by atoms with Gasteiger partial charge in [0.05, 0.1) is 9.24 Å². The molecule has 0 bridgehead atoms. The van der Waals surface area contributed by atoms with Gasteiger partial charge in [0.25, 0.3) is 0 Å². The maximum Gasteiger partial charge on any atom is 0.435 e. The van der Waals surface area contributed by atoms with Gasteiger partial charge in [0.15, 0.2) is 5.69 Å². The summed E-state index contributed by atoms with van der Waals surface area (Å²) in [5, 5.41) is 3.21. The van der Waals surface area contributed by atoms with E-state index in [1.807, 2.05) is 0 Å². The lowest BCUT2D eigenvalue weighted by Gasteiger charge is -2.18. The molecule has 0 aromatic carbocycles. The number of nitrogens with zero attached hydrogens (tertiary/aromatic N) is 2. The molecule has 94 valence electrons. The molecule has 0 aliphatic carbocycles. The molecular formula is C8H12BrClF3N3. The van der Waals surface area contributed by atoms with E-state index in [1.54, 1.807) is 0 Å². The van der Waals surface area contributed by atoms with Crippen molar-refractivity contribution in [1.82, 2.24) is 9.78 Å². The minimum absolute atomic E-state index is 0. The maximum absolute atomic E-state index is 12.4. The van der Waals surface area contributed by atoms with E-state index in [0.717, 1.165) is 0 Å². The number of nitrogens with two attached hydrogens (primary N) is 1. The first kappa shape index (κ1) is 12.2. The Hall–Kier alpha value is -0.270. The summed E-state index contributed by atoms with van der Waals surface area (Å²) in [6, 6.07) is 0.712. The standard InChI is InChI=1S/C8H11BrF3N3.ClH/c1-7(2,13)4-15-6(9)3-5(14-15)8(10,11)12;/h3H,4,13H2,1-2H3;1H/i4D2;. The van der Waals surface area contributed by atoms with Crippen LogP contribution >= 0.6 is 28.3 Å². The fraction of sp³-hybridized carbons (Fsp3) is 0.625. The Labute approximate surface area is 109 Å². The SMILES string of the molecule is Cl.[2H]C([2H])(n1nc(C(F)(F)F)cc1Br)C(C)(C)N. The van der Waals surface area contributed by atoms with Gasteiger partial charge < -0.3 is 5.73 Å². The minimum atomic E-state index is -4.62. The second kappa shape index (κ2) is 4.93. The summed E-state index contributed by atoms with van der Waals surface area (Å²) in [5.41, 5.74) is 3.04. The molecule has 0 atom stereocenters. The molecule has 0 aliphatic heterocycles. The molecule has 8 heteroatoms. The molecule has 1 rings (SSSR count). The van der Waals surface area contributed by atoms with Crippen LogP contribution in [0.5, 0.6) is 0 Å². The predicted octanol–water partition coefficient (Wildman–Crippen LogP) is 2.82. The molecule has 0 saturated heterocycles. The quantitative estimate of drug-likeness (QED) is 0.909. The van der Waals surface area contributed by atoms with Crippen molar-refractivity contribution >= 4 is 28.3 Å². The van der Waals surface area contributed by atoms with Gasteiger partial charge in [0.1, 0.15) is 4.60 Å². The highest BCUT2D eigenvalue weighted by atomic mass is 79.9. The average molecular weight is 325 g/mol. The Morgan fingerprint density at radius 1 is 1.56 bits per heavy atom. The normalized spacial score (nSPS) is 15.2. The van der Waals surface area contributed by atoms with Gasteiger partial charge in [-0.15, -0.1) is 12.4 Å². The molecule has 3 nitrogen and oxygen atoms in total. The third-order valence-corrected chi connectivity index (χ3v) is 1.92. The molecule has 0 unspecified atom stereocenters. The third-order valence-electron chi connectivity index (χ3n) is 1.35. The lowest BCUT2D eigenvalue weighted by atomic mass is 10.1. The highest BCUT2D eigenvalue weighted by molar-refractivity contribution is 9.10. The third kappa shape index (κ3) is 4.31. The van der Waals surface area contributed by atoms with Crippen LogP contribution in [0.25, 0.3) is 0 Å². The highest BCUT2D eigenvalue weighted by Gasteiger charge is 2.35. The molecule has 1 heterocycles. The van der Waals surface area contributed by atoms with Crippen LogP contribution in [0.15, 0.2) is 10.7 Å². The van der Waals surface area contributed by atoms with E-state index in [-0.39, 0.29) is 17.0 Å². The molecular weight excluding hydrogens is 310 g/mol. The molecule has 0 spiro atoms. The van der Waals surface area contributed by atoms with Crippen LogP contribution in [0.4, 0.5) is 13.2 Å². The van der Waals surface area contributed by atoms with Crippen molar-refractivity contribution in [1.29, 1.82) is 0 Å². The van der Waals surface area contributed by atoms with E-state index < -0.39 is 23.9 Å². The summed E-state index contributed by atoms with van der Waals surface area (Å²) >= 11 is 2.84. The number of hydrogen-bond donors (Lipinski definition) is 1. The van der Waals surface area contributed by atoms with E-state index in [1.165, 1.54) is 13.8 Å². The van der Waals surface area contributed by atoms with E-state index >= 15 is 0 Å². The summed E-state index contributed by atoms with van der Waals surface area (Å²) < 4.78 is 53.2. The van der Waals surface area contributed by atoms with Crippen molar-refractivity contribution in [3.05, 3.63) is 16.4 Å². The van der Waals surface area contributed by atoms with E-state index in [4.69, 9.17) is 8.48 Å². The smallest absolute Gasteiger partial charge is 0.324 e. The maximum atomic E-state index is 12.4. The number of rotatable bonds is 2. The monoisotopic (exact) mass is 323 g/mol. The molecule has 0 aliphatic rings. The lowest BCUT2D eigenvalue weighted by Crippen LogP contribution is -2.37. The fourth-order valence-corrected chi connectivity index (χ4v) is 1.23. The van der Waals surface area contributed by atoms with Crippen molar-refractivity contribution in [3.63, 3.8) is 0 Å². The second-order valence-electron chi connectivity index (χ2n) is 3.60. The Morgan fingerprint density at radius 2 is 2.06 bits per heavy atom. The topological polar surface area (TPSA) is 43.8 Å². The largest absolute Gasteiger partial charge is 0.435 e. The van der Waals surface area contributed by atoms with Crippen LogP contribution in [-0.2, 0) is 12.7 Å². The Morgan fingerprint density at radius 3 is 2.38 bits per heavy atom. The lowest BCUT2D eigenvalue weighted by molar-refractivity contribution is -0.141. The zero-order chi connectivity index (χ0) is 13.6. The number of halogens is 5. The van der Waals surface area contributed by atoms with Gasteiger partial charge in [0, 0.05) is 11.6 Å². The van der Waals surface area contributed by atoms with E-state index in [9.17, 15) is 13.2 Å². The van der Waals surface area contributed by atoms with Gasteiger partial charge in [-0.3, -0.25) is 4.68 Å². The van der Waals surface area contributed by atoms with Gasteiger partial charge in [-0.05, 0) is 29.8 Å². The van der Waals surface area contributed by atoms with Crippen molar-refractivity contribution < 1.29 is 15.9 Å². The van der Waals surface area contributed by atoms with Gasteiger partial charge in [-0.1, -0.05) is 0 Å². The van der Waals surface area contributed by atoms with Crippen molar-refractivity contribution in [2.45, 2.75) is 32.1 Å². The van der Waals surface area contributed by atoms with E-state index in [0.29, 0.717) is 10.7 Å². The Kier molecular flexibility index (Phi) is 3.76. The number of hydrogen-bond acceptors (Lipinski definition) is 2.